The second kappa shape index (κ2) is 7.96. The third kappa shape index (κ3) is 5.04. The number of carbonyl (C=O) groups is 1. The molecule has 2 fully saturated rings. The van der Waals surface area contributed by atoms with E-state index >= 15 is 0 Å². The summed E-state index contributed by atoms with van der Waals surface area (Å²) in [6.45, 7) is 9.84. The zero-order chi connectivity index (χ0) is 14.4. The van der Waals surface area contributed by atoms with Crippen molar-refractivity contribution < 1.29 is 9.53 Å². The number of rotatable bonds is 5. The molecule has 0 aromatic carbocycles. The highest BCUT2D eigenvalue weighted by Crippen LogP contribution is 2.17. The maximum absolute atomic E-state index is 11.9. The van der Waals surface area contributed by atoms with Crippen LogP contribution in [0.15, 0.2) is 0 Å². The van der Waals surface area contributed by atoms with Gasteiger partial charge in [-0.2, -0.15) is 0 Å². The Morgan fingerprint density at radius 3 is 3.10 bits per heavy atom. The number of morpholine rings is 1. The van der Waals surface area contributed by atoms with E-state index < -0.39 is 0 Å². The Labute approximate surface area is 122 Å². The maximum atomic E-state index is 11.9. The zero-order valence-electron chi connectivity index (χ0n) is 12.9. The molecule has 3 atom stereocenters. The topological polar surface area (TPSA) is 53.6 Å². The van der Waals surface area contributed by atoms with Crippen LogP contribution in [0.4, 0.5) is 0 Å². The standard InChI is InChI=1S/C15H29N3O2/c1-12-4-3-6-18(10-12)13(2)9-17-15(19)8-14-11-20-7-5-16-14/h12-14,16H,3-11H2,1-2H3,(H,17,19). The molecule has 3 unspecified atom stereocenters. The molecule has 116 valence electrons. The van der Waals surface area contributed by atoms with Gasteiger partial charge in [-0.05, 0) is 32.2 Å². The monoisotopic (exact) mass is 283 g/mol. The Morgan fingerprint density at radius 2 is 2.40 bits per heavy atom. The lowest BCUT2D eigenvalue weighted by Gasteiger charge is -2.35. The number of hydrogen-bond donors (Lipinski definition) is 2. The number of likely N-dealkylation sites (tertiary alicyclic amines) is 1. The van der Waals surface area contributed by atoms with Gasteiger partial charge >= 0.3 is 0 Å². The van der Waals surface area contributed by atoms with Gasteiger partial charge in [-0.15, -0.1) is 0 Å². The maximum Gasteiger partial charge on any atom is 0.221 e. The molecule has 0 aromatic heterocycles. The van der Waals surface area contributed by atoms with Gasteiger partial charge in [0.05, 0.1) is 13.2 Å². The number of carbonyl (C=O) groups excluding carboxylic acids is 1. The molecule has 5 heteroatoms. The SMILES string of the molecule is CC1CCCN(C(C)CNC(=O)CC2COCCN2)C1. The van der Waals surface area contributed by atoms with Crippen LogP contribution in [0.25, 0.3) is 0 Å². The van der Waals surface area contributed by atoms with E-state index in [1.807, 2.05) is 0 Å². The van der Waals surface area contributed by atoms with Gasteiger partial charge in [-0.1, -0.05) is 6.92 Å². The summed E-state index contributed by atoms with van der Waals surface area (Å²) in [6.07, 6.45) is 3.13. The molecule has 20 heavy (non-hydrogen) atoms. The van der Waals surface area contributed by atoms with Gasteiger partial charge in [0.2, 0.25) is 5.91 Å². The number of hydrogen-bond acceptors (Lipinski definition) is 4. The van der Waals surface area contributed by atoms with Gasteiger partial charge in [0.15, 0.2) is 0 Å². The normalized spacial score (nSPS) is 29.9. The highest BCUT2D eigenvalue weighted by molar-refractivity contribution is 5.76. The van der Waals surface area contributed by atoms with E-state index in [1.54, 1.807) is 0 Å². The average Bonchev–Trinajstić information content (AvgIpc) is 2.46. The molecule has 0 aliphatic carbocycles. The number of amides is 1. The highest BCUT2D eigenvalue weighted by Gasteiger charge is 2.22. The van der Waals surface area contributed by atoms with E-state index in [4.69, 9.17) is 4.74 Å². The number of nitrogens with zero attached hydrogens (tertiary/aromatic N) is 1. The van der Waals surface area contributed by atoms with Gasteiger partial charge in [-0.3, -0.25) is 9.69 Å². The van der Waals surface area contributed by atoms with Crippen molar-refractivity contribution in [2.24, 2.45) is 5.92 Å². The summed E-state index contributed by atoms with van der Waals surface area (Å²) in [4.78, 5) is 14.4. The van der Waals surface area contributed by atoms with Crippen molar-refractivity contribution in [1.82, 2.24) is 15.5 Å². The summed E-state index contributed by atoms with van der Waals surface area (Å²) in [5.41, 5.74) is 0. The summed E-state index contributed by atoms with van der Waals surface area (Å²) in [5.74, 6) is 0.912. The summed E-state index contributed by atoms with van der Waals surface area (Å²) in [7, 11) is 0. The van der Waals surface area contributed by atoms with Gasteiger partial charge < -0.3 is 15.4 Å². The van der Waals surface area contributed by atoms with E-state index in [-0.39, 0.29) is 11.9 Å². The van der Waals surface area contributed by atoms with Crippen molar-refractivity contribution in [1.29, 1.82) is 0 Å². The third-order valence-electron chi connectivity index (χ3n) is 4.34. The minimum atomic E-state index is 0.130. The fourth-order valence-corrected chi connectivity index (χ4v) is 3.06. The molecular formula is C15H29N3O2. The van der Waals surface area contributed by atoms with E-state index in [9.17, 15) is 4.79 Å². The van der Waals surface area contributed by atoms with Crippen molar-refractivity contribution in [2.45, 2.75) is 45.2 Å². The van der Waals surface area contributed by atoms with Crippen molar-refractivity contribution in [3.05, 3.63) is 0 Å². The van der Waals surface area contributed by atoms with Gasteiger partial charge in [0, 0.05) is 38.1 Å². The van der Waals surface area contributed by atoms with Crippen LogP contribution in [0.3, 0.4) is 0 Å². The molecule has 1 amide bonds. The summed E-state index contributed by atoms with van der Waals surface area (Å²) < 4.78 is 5.36. The van der Waals surface area contributed by atoms with Crippen LogP contribution < -0.4 is 10.6 Å². The number of piperidine rings is 1. The smallest absolute Gasteiger partial charge is 0.221 e. The molecule has 2 N–H and O–H groups in total. The van der Waals surface area contributed by atoms with Crippen LogP contribution in [0.1, 0.15) is 33.1 Å². The molecule has 2 saturated heterocycles. The Balaban J connectivity index is 1.64. The first-order valence-electron chi connectivity index (χ1n) is 7.97. The lowest BCUT2D eigenvalue weighted by molar-refractivity contribution is -0.122. The lowest BCUT2D eigenvalue weighted by atomic mass is 9.99. The van der Waals surface area contributed by atoms with Gasteiger partial charge in [0.1, 0.15) is 0 Å². The molecular weight excluding hydrogens is 254 g/mol. The van der Waals surface area contributed by atoms with Crippen LogP contribution in [0.2, 0.25) is 0 Å². The van der Waals surface area contributed by atoms with E-state index in [0.717, 1.165) is 32.2 Å². The minimum Gasteiger partial charge on any atom is -0.378 e. The van der Waals surface area contributed by atoms with Crippen LogP contribution >= 0.6 is 0 Å². The summed E-state index contributed by atoms with van der Waals surface area (Å²) >= 11 is 0. The molecule has 0 aromatic rings. The van der Waals surface area contributed by atoms with Crippen LogP contribution in [0.5, 0.6) is 0 Å². The molecule has 0 spiro atoms. The largest absolute Gasteiger partial charge is 0.378 e. The molecule has 2 rings (SSSR count). The second-order valence-electron chi connectivity index (χ2n) is 6.33. The Kier molecular flexibility index (Phi) is 6.26. The van der Waals surface area contributed by atoms with Crippen molar-refractivity contribution in [3.63, 3.8) is 0 Å². The first-order valence-corrected chi connectivity index (χ1v) is 7.97. The van der Waals surface area contributed by atoms with E-state index in [0.29, 0.717) is 19.1 Å². The lowest BCUT2D eigenvalue weighted by Crippen LogP contribution is -2.48. The van der Waals surface area contributed by atoms with Crippen molar-refractivity contribution >= 4 is 5.91 Å². The summed E-state index contributed by atoms with van der Waals surface area (Å²) in [5, 5.41) is 6.38. The molecule has 0 saturated carbocycles. The Hall–Kier alpha value is -0.650. The first-order chi connectivity index (χ1) is 9.65. The second-order valence-corrected chi connectivity index (χ2v) is 6.33. The zero-order valence-corrected chi connectivity index (χ0v) is 12.9. The number of nitrogens with one attached hydrogen (secondary N) is 2. The van der Waals surface area contributed by atoms with Gasteiger partial charge in [0.25, 0.3) is 0 Å². The average molecular weight is 283 g/mol. The Morgan fingerprint density at radius 1 is 1.55 bits per heavy atom. The fourth-order valence-electron chi connectivity index (χ4n) is 3.06. The van der Waals surface area contributed by atoms with Gasteiger partial charge in [-0.25, -0.2) is 0 Å². The van der Waals surface area contributed by atoms with Crippen LogP contribution in [-0.2, 0) is 9.53 Å². The highest BCUT2D eigenvalue weighted by atomic mass is 16.5. The fraction of sp³-hybridized carbons (Fsp3) is 0.933. The third-order valence-corrected chi connectivity index (χ3v) is 4.34. The molecule has 0 radical (unpaired) electrons. The molecule has 0 bridgehead atoms. The molecule has 2 heterocycles. The Bertz CT molecular complexity index is 305. The minimum absolute atomic E-state index is 0.130. The van der Waals surface area contributed by atoms with E-state index in [2.05, 4.69) is 29.4 Å². The van der Waals surface area contributed by atoms with Crippen molar-refractivity contribution in [2.75, 3.05) is 39.4 Å². The summed E-state index contributed by atoms with van der Waals surface area (Å²) in [6, 6.07) is 0.603. The van der Waals surface area contributed by atoms with Crippen molar-refractivity contribution in [3.8, 4) is 0 Å². The van der Waals surface area contributed by atoms with Crippen LogP contribution in [0, 0.1) is 5.92 Å². The number of ether oxygens (including phenoxy) is 1. The quantitative estimate of drug-likeness (QED) is 0.776. The predicted octanol–water partition coefficient (Wildman–Crippen LogP) is 0.602. The predicted molar refractivity (Wildman–Crippen MR) is 79.7 cm³/mol. The molecule has 2 aliphatic rings. The first kappa shape index (κ1) is 15.7. The van der Waals surface area contributed by atoms with E-state index in [1.165, 1.54) is 19.4 Å². The molecule has 5 nitrogen and oxygen atoms in total. The molecule has 2 aliphatic heterocycles. The van der Waals surface area contributed by atoms with Crippen LogP contribution in [-0.4, -0.2) is 62.3 Å².